The van der Waals surface area contributed by atoms with E-state index in [-0.39, 0.29) is 12.3 Å². The number of aromatic nitrogens is 2. The van der Waals surface area contributed by atoms with Gasteiger partial charge in [-0.2, -0.15) is 5.10 Å². The first kappa shape index (κ1) is 25.7. The maximum atomic E-state index is 12.4. The van der Waals surface area contributed by atoms with E-state index in [2.05, 4.69) is 43.7 Å². The van der Waals surface area contributed by atoms with Crippen LogP contribution in [0, 0.1) is 0 Å². The van der Waals surface area contributed by atoms with E-state index in [4.69, 9.17) is 0 Å². The molecule has 10 nitrogen and oxygen atoms in total. The average molecular weight is 510 g/mol. The van der Waals surface area contributed by atoms with Crippen LogP contribution in [0.3, 0.4) is 0 Å². The van der Waals surface area contributed by atoms with Crippen LogP contribution in [0.2, 0.25) is 0 Å². The van der Waals surface area contributed by atoms with Crippen molar-refractivity contribution in [1.29, 1.82) is 0 Å². The van der Waals surface area contributed by atoms with Crippen LogP contribution in [0.4, 0.5) is 10.6 Å². The molecule has 0 spiro atoms. The average Bonchev–Trinajstić information content (AvgIpc) is 3.24. The summed E-state index contributed by atoms with van der Waals surface area (Å²) in [6, 6.07) is 6.64. The number of carbonyl (C=O) groups is 3. The van der Waals surface area contributed by atoms with Gasteiger partial charge in [-0.05, 0) is 82.4 Å². The molecule has 0 atom stereocenters. The predicted octanol–water partition coefficient (Wildman–Crippen LogP) is 2.19. The number of urea groups is 1. The molecule has 4 heterocycles. The summed E-state index contributed by atoms with van der Waals surface area (Å²) in [7, 11) is 3.83. The quantitative estimate of drug-likeness (QED) is 0.555. The number of amides is 4. The van der Waals surface area contributed by atoms with E-state index in [1.165, 1.54) is 5.56 Å². The number of benzene rings is 1. The van der Waals surface area contributed by atoms with Crippen LogP contribution in [-0.4, -0.2) is 89.8 Å². The van der Waals surface area contributed by atoms with Gasteiger partial charge >= 0.3 is 6.03 Å². The Labute approximate surface area is 218 Å². The highest BCUT2D eigenvalue weighted by molar-refractivity contribution is 6.08. The summed E-state index contributed by atoms with van der Waals surface area (Å²) in [5, 5.41) is 11.0. The first-order chi connectivity index (χ1) is 17.9. The normalized spacial score (nSPS) is 20.6. The van der Waals surface area contributed by atoms with Crippen molar-refractivity contribution in [2.24, 2.45) is 7.05 Å². The second-order valence-corrected chi connectivity index (χ2v) is 10.6. The van der Waals surface area contributed by atoms with Crippen molar-refractivity contribution in [3.8, 4) is 0 Å². The SMILES string of the molecule is CNCCCC(=O)N1CCC(N2CCC(c3ccc4c(N5CCC(=O)NC5=O)nn(C)c4c3)CC2)CC1. The maximum absolute atomic E-state index is 12.4. The molecular weight excluding hydrogens is 470 g/mol. The number of hydrogen-bond donors (Lipinski definition) is 2. The zero-order valence-electron chi connectivity index (χ0n) is 22.0. The summed E-state index contributed by atoms with van der Waals surface area (Å²) in [5.74, 6) is 1.17. The van der Waals surface area contributed by atoms with Gasteiger partial charge in [0.25, 0.3) is 0 Å². The van der Waals surface area contributed by atoms with Crippen molar-refractivity contribution in [1.82, 2.24) is 30.2 Å². The van der Waals surface area contributed by atoms with Crippen LogP contribution in [0.15, 0.2) is 18.2 Å². The zero-order valence-corrected chi connectivity index (χ0v) is 22.0. The highest BCUT2D eigenvalue weighted by Crippen LogP contribution is 2.34. The lowest BCUT2D eigenvalue weighted by molar-refractivity contribution is -0.133. The fraction of sp³-hybridized carbons (Fsp3) is 0.630. The molecule has 3 aliphatic heterocycles. The number of nitrogens with one attached hydrogen (secondary N) is 2. The van der Waals surface area contributed by atoms with Crippen molar-refractivity contribution in [2.45, 2.75) is 56.9 Å². The molecule has 3 fully saturated rings. The number of piperidine rings is 2. The van der Waals surface area contributed by atoms with Crippen molar-refractivity contribution in [3.63, 3.8) is 0 Å². The number of likely N-dealkylation sites (tertiary alicyclic amines) is 2. The third-order valence-corrected chi connectivity index (χ3v) is 8.32. The minimum Gasteiger partial charge on any atom is -0.343 e. The second kappa shape index (κ2) is 11.2. The van der Waals surface area contributed by atoms with Crippen LogP contribution in [0.5, 0.6) is 0 Å². The first-order valence-corrected chi connectivity index (χ1v) is 13.7. The fourth-order valence-electron chi connectivity index (χ4n) is 6.13. The van der Waals surface area contributed by atoms with Gasteiger partial charge in [-0.1, -0.05) is 6.07 Å². The third kappa shape index (κ3) is 5.50. The molecule has 0 bridgehead atoms. The van der Waals surface area contributed by atoms with Gasteiger partial charge in [0.2, 0.25) is 11.8 Å². The van der Waals surface area contributed by atoms with E-state index in [9.17, 15) is 14.4 Å². The number of hydrogen-bond acceptors (Lipinski definition) is 6. The van der Waals surface area contributed by atoms with Gasteiger partial charge in [0.15, 0.2) is 5.82 Å². The third-order valence-electron chi connectivity index (χ3n) is 8.32. The molecule has 200 valence electrons. The van der Waals surface area contributed by atoms with Gasteiger partial charge < -0.3 is 15.1 Å². The summed E-state index contributed by atoms with van der Waals surface area (Å²) < 4.78 is 1.83. The van der Waals surface area contributed by atoms with E-state index in [1.807, 2.05) is 18.8 Å². The highest BCUT2D eigenvalue weighted by Gasteiger charge is 2.31. The highest BCUT2D eigenvalue weighted by atomic mass is 16.2. The van der Waals surface area contributed by atoms with Crippen molar-refractivity contribution in [2.75, 3.05) is 51.2 Å². The summed E-state index contributed by atoms with van der Waals surface area (Å²) in [6.45, 7) is 5.17. The molecule has 4 amide bonds. The van der Waals surface area contributed by atoms with Crippen molar-refractivity contribution < 1.29 is 14.4 Å². The number of fused-ring (bicyclic) bond motifs is 1. The fourth-order valence-corrected chi connectivity index (χ4v) is 6.13. The minimum absolute atomic E-state index is 0.241. The molecule has 2 N–H and O–H groups in total. The monoisotopic (exact) mass is 509 g/mol. The maximum Gasteiger partial charge on any atom is 0.329 e. The lowest BCUT2D eigenvalue weighted by Gasteiger charge is -2.42. The van der Waals surface area contributed by atoms with Crippen LogP contribution < -0.4 is 15.5 Å². The number of anilines is 1. The molecule has 1 aromatic heterocycles. The standard InChI is InChI=1S/C27H39N7O3/c1-28-12-3-4-25(36)33-15-9-21(10-16-33)32-13-7-19(8-14-32)20-5-6-22-23(18-20)31(2)30-26(22)34-17-11-24(35)29-27(34)37/h5-6,18-19,21,28H,3-4,7-17H2,1-2H3,(H,29,35,37). The van der Waals surface area contributed by atoms with Gasteiger partial charge in [0.05, 0.1) is 5.52 Å². The number of aryl methyl sites for hydroxylation is 1. The molecule has 10 heteroatoms. The molecular formula is C27H39N7O3. The van der Waals surface area contributed by atoms with Gasteiger partial charge in [-0.3, -0.25) is 24.5 Å². The van der Waals surface area contributed by atoms with Crippen LogP contribution in [-0.2, 0) is 16.6 Å². The zero-order chi connectivity index (χ0) is 25.9. The molecule has 3 saturated heterocycles. The van der Waals surface area contributed by atoms with Crippen LogP contribution in [0.1, 0.15) is 56.4 Å². The van der Waals surface area contributed by atoms with E-state index in [1.54, 1.807) is 4.90 Å². The molecule has 0 unspecified atom stereocenters. The molecule has 1 aromatic carbocycles. The number of rotatable bonds is 7. The lowest BCUT2D eigenvalue weighted by atomic mass is 9.87. The van der Waals surface area contributed by atoms with Crippen molar-refractivity contribution >= 4 is 34.6 Å². The van der Waals surface area contributed by atoms with E-state index < -0.39 is 6.03 Å². The molecule has 0 saturated carbocycles. The Hall–Kier alpha value is -2.98. The van der Waals surface area contributed by atoms with Gasteiger partial charge in [-0.25, -0.2) is 4.79 Å². The predicted molar refractivity (Wildman–Crippen MR) is 143 cm³/mol. The first-order valence-electron chi connectivity index (χ1n) is 13.7. The Morgan fingerprint density at radius 1 is 1.08 bits per heavy atom. The smallest absolute Gasteiger partial charge is 0.329 e. The molecule has 2 aromatic rings. The summed E-state index contributed by atoms with van der Waals surface area (Å²) >= 11 is 0. The lowest BCUT2D eigenvalue weighted by Crippen LogP contribution is -2.49. The van der Waals surface area contributed by atoms with Gasteiger partial charge in [-0.15, -0.1) is 0 Å². The number of nitrogens with zero attached hydrogens (tertiary/aromatic N) is 5. The van der Waals surface area contributed by atoms with E-state index >= 15 is 0 Å². The Kier molecular flexibility index (Phi) is 7.76. The molecule has 37 heavy (non-hydrogen) atoms. The second-order valence-electron chi connectivity index (χ2n) is 10.6. The Morgan fingerprint density at radius 3 is 2.54 bits per heavy atom. The van der Waals surface area contributed by atoms with Crippen LogP contribution in [0.25, 0.3) is 10.9 Å². The molecule has 0 aliphatic carbocycles. The van der Waals surface area contributed by atoms with Crippen molar-refractivity contribution in [3.05, 3.63) is 23.8 Å². The molecule has 5 rings (SSSR count). The van der Waals surface area contributed by atoms with Gasteiger partial charge in [0.1, 0.15) is 0 Å². The Bertz CT molecular complexity index is 1150. The summed E-state index contributed by atoms with van der Waals surface area (Å²) in [6.07, 6.45) is 6.22. The number of imide groups is 1. The minimum atomic E-state index is -0.406. The summed E-state index contributed by atoms with van der Waals surface area (Å²) in [5.41, 5.74) is 2.33. The van der Waals surface area contributed by atoms with E-state index in [0.29, 0.717) is 36.7 Å². The Balaban J connectivity index is 1.17. The summed E-state index contributed by atoms with van der Waals surface area (Å²) in [4.78, 5) is 42.6. The largest absolute Gasteiger partial charge is 0.343 e. The molecule has 3 aliphatic rings. The van der Waals surface area contributed by atoms with Crippen LogP contribution >= 0.6 is 0 Å². The Morgan fingerprint density at radius 2 is 1.84 bits per heavy atom. The van der Waals surface area contributed by atoms with Gasteiger partial charge in [0, 0.05) is 51.0 Å². The number of carbonyl (C=O) groups excluding carboxylic acids is 3. The topological polar surface area (TPSA) is 103 Å². The molecule has 0 radical (unpaired) electrons. The van der Waals surface area contributed by atoms with E-state index in [0.717, 1.165) is 75.7 Å².